The zero-order valence-corrected chi connectivity index (χ0v) is 9.76. The van der Waals surface area contributed by atoms with E-state index in [-0.39, 0.29) is 17.9 Å². The molecule has 94 valence electrons. The Morgan fingerprint density at radius 3 is 2.35 bits per heavy atom. The molecular formula is C12H18N2O3. The van der Waals surface area contributed by atoms with Crippen LogP contribution in [0, 0.1) is 17.8 Å². The van der Waals surface area contributed by atoms with Crippen LogP contribution < -0.4 is 5.32 Å². The molecule has 2 N–H and O–H groups in total. The molecule has 3 saturated heterocycles. The molecule has 4 aliphatic rings. The largest absolute Gasteiger partial charge is 0.481 e. The fourth-order valence-corrected chi connectivity index (χ4v) is 3.18. The molecule has 1 saturated carbocycles. The lowest BCUT2D eigenvalue weighted by atomic mass is 9.84. The van der Waals surface area contributed by atoms with Crippen molar-refractivity contribution in [1.82, 2.24) is 10.2 Å². The van der Waals surface area contributed by atoms with E-state index >= 15 is 0 Å². The SMILES string of the molecule is O=C(O)C1CC1C(=O)NC1CN2CCC1CC2. The number of nitrogens with zero attached hydrogens (tertiary/aromatic N) is 1. The lowest BCUT2D eigenvalue weighted by molar-refractivity contribution is -0.140. The Balaban J connectivity index is 1.54. The standard InChI is InChI=1S/C12H18N2O3/c15-11(8-5-9(8)12(16)17)13-10-6-14-3-1-7(10)2-4-14/h7-10H,1-6H2,(H,13,15)(H,16,17). The Morgan fingerprint density at radius 1 is 1.18 bits per heavy atom. The van der Waals surface area contributed by atoms with Gasteiger partial charge in [-0.2, -0.15) is 0 Å². The molecule has 2 bridgehead atoms. The van der Waals surface area contributed by atoms with Gasteiger partial charge in [-0.3, -0.25) is 9.59 Å². The number of aliphatic carboxylic acids is 1. The van der Waals surface area contributed by atoms with Gasteiger partial charge in [-0.25, -0.2) is 0 Å². The van der Waals surface area contributed by atoms with Gasteiger partial charge < -0.3 is 15.3 Å². The van der Waals surface area contributed by atoms with Crippen LogP contribution in [0.4, 0.5) is 0 Å². The number of carbonyl (C=O) groups is 2. The highest BCUT2D eigenvalue weighted by molar-refractivity contribution is 5.89. The second-order valence-corrected chi connectivity index (χ2v) is 5.54. The minimum absolute atomic E-state index is 0.0452. The van der Waals surface area contributed by atoms with E-state index in [4.69, 9.17) is 5.11 Å². The molecule has 0 aromatic rings. The Hall–Kier alpha value is -1.10. The molecule has 3 unspecified atom stereocenters. The summed E-state index contributed by atoms with van der Waals surface area (Å²) in [5, 5.41) is 11.8. The van der Waals surface area contributed by atoms with Crippen LogP contribution >= 0.6 is 0 Å². The molecule has 5 heteroatoms. The highest BCUT2D eigenvalue weighted by atomic mass is 16.4. The number of amides is 1. The van der Waals surface area contributed by atoms with Crippen molar-refractivity contribution < 1.29 is 14.7 Å². The average molecular weight is 238 g/mol. The van der Waals surface area contributed by atoms with Crippen molar-refractivity contribution in [2.45, 2.75) is 25.3 Å². The number of rotatable bonds is 3. The third kappa shape index (κ3) is 2.04. The lowest BCUT2D eigenvalue weighted by Crippen LogP contribution is -2.57. The Bertz CT molecular complexity index is 350. The van der Waals surface area contributed by atoms with Crippen LogP contribution in [-0.4, -0.2) is 47.6 Å². The summed E-state index contributed by atoms with van der Waals surface area (Å²) in [4.78, 5) is 25.0. The van der Waals surface area contributed by atoms with Gasteiger partial charge in [0.15, 0.2) is 0 Å². The monoisotopic (exact) mass is 238 g/mol. The lowest BCUT2D eigenvalue weighted by Gasteiger charge is -2.45. The molecule has 0 radical (unpaired) electrons. The summed E-state index contributed by atoms with van der Waals surface area (Å²) in [5.41, 5.74) is 0. The number of hydrogen-bond donors (Lipinski definition) is 2. The summed E-state index contributed by atoms with van der Waals surface area (Å²) in [7, 11) is 0. The number of piperidine rings is 3. The molecule has 1 aliphatic carbocycles. The van der Waals surface area contributed by atoms with Gasteiger partial charge in [-0.1, -0.05) is 0 Å². The normalized spacial score (nSPS) is 43.2. The number of nitrogens with one attached hydrogen (secondary N) is 1. The van der Waals surface area contributed by atoms with Crippen LogP contribution in [-0.2, 0) is 9.59 Å². The van der Waals surface area contributed by atoms with Crippen molar-refractivity contribution in [3.63, 3.8) is 0 Å². The summed E-state index contributed by atoms with van der Waals surface area (Å²) in [5.74, 6) is -0.986. The molecule has 3 heterocycles. The minimum atomic E-state index is -0.834. The van der Waals surface area contributed by atoms with Gasteiger partial charge in [0.05, 0.1) is 11.8 Å². The van der Waals surface area contributed by atoms with Crippen LogP contribution in [0.3, 0.4) is 0 Å². The van der Waals surface area contributed by atoms with E-state index in [0.717, 1.165) is 32.5 Å². The molecular weight excluding hydrogens is 220 g/mol. The number of carbonyl (C=O) groups excluding carboxylic acids is 1. The van der Waals surface area contributed by atoms with E-state index in [2.05, 4.69) is 10.2 Å². The topological polar surface area (TPSA) is 69.6 Å². The van der Waals surface area contributed by atoms with Crippen molar-refractivity contribution in [3.8, 4) is 0 Å². The summed E-state index contributed by atoms with van der Waals surface area (Å²) in [6.45, 7) is 3.25. The summed E-state index contributed by atoms with van der Waals surface area (Å²) < 4.78 is 0. The molecule has 4 fully saturated rings. The molecule has 1 amide bonds. The number of carboxylic acids is 1. The molecule has 0 spiro atoms. The Kier molecular flexibility index (Phi) is 2.58. The highest BCUT2D eigenvalue weighted by Gasteiger charge is 2.49. The van der Waals surface area contributed by atoms with Crippen LogP contribution in [0.1, 0.15) is 19.3 Å². The zero-order chi connectivity index (χ0) is 12.0. The first-order valence-electron chi connectivity index (χ1n) is 6.40. The van der Waals surface area contributed by atoms with Gasteiger partial charge in [0.25, 0.3) is 0 Å². The highest BCUT2D eigenvalue weighted by Crippen LogP contribution is 2.39. The van der Waals surface area contributed by atoms with E-state index in [1.807, 2.05) is 0 Å². The summed E-state index contributed by atoms with van der Waals surface area (Å²) >= 11 is 0. The van der Waals surface area contributed by atoms with Crippen molar-refractivity contribution in [2.75, 3.05) is 19.6 Å². The second kappa shape index (κ2) is 3.98. The molecule has 17 heavy (non-hydrogen) atoms. The first kappa shape index (κ1) is 11.0. The minimum Gasteiger partial charge on any atom is -0.481 e. The molecule has 5 nitrogen and oxygen atoms in total. The van der Waals surface area contributed by atoms with Gasteiger partial charge in [0.2, 0.25) is 5.91 Å². The molecule has 0 aromatic heterocycles. The maximum atomic E-state index is 11.9. The van der Waals surface area contributed by atoms with Crippen molar-refractivity contribution >= 4 is 11.9 Å². The maximum absolute atomic E-state index is 11.9. The smallest absolute Gasteiger partial charge is 0.307 e. The van der Waals surface area contributed by atoms with Gasteiger partial charge >= 0.3 is 5.97 Å². The fourth-order valence-electron chi connectivity index (χ4n) is 3.18. The molecule has 0 aromatic carbocycles. The average Bonchev–Trinajstić information content (AvgIpc) is 3.10. The zero-order valence-electron chi connectivity index (χ0n) is 9.76. The van der Waals surface area contributed by atoms with E-state index in [1.165, 1.54) is 0 Å². The van der Waals surface area contributed by atoms with Gasteiger partial charge in [0, 0.05) is 12.6 Å². The maximum Gasteiger partial charge on any atom is 0.307 e. The number of hydrogen-bond acceptors (Lipinski definition) is 3. The Labute approximate surface area is 100 Å². The first-order valence-corrected chi connectivity index (χ1v) is 6.40. The number of fused-ring (bicyclic) bond motifs is 3. The third-order valence-electron chi connectivity index (χ3n) is 4.43. The predicted molar refractivity (Wildman–Crippen MR) is 60.3 cm³/mol. The van der Waals surface area contributed by atoms with Gasteiger partial charge in [0.1, 0.15) is 0 Å². The van der Waals surface area contributed by atoms with Crippen molar-refractivity contribution in [1.29, 1.82) is 0 Å². The summed E-state index contributed by atoms with van der Waals surface area (Å²) in [6, 6.07) is 0.250. The quantitative estimate of drug-likeness (QED) is 0.721. The van der Waals surface area contributed by atoms with Crippen LogP contribution in [0.5, 0.6) is 0 Å². The van der Waals surface area contributed by atoms with E-state index in [1.54, 1.807) is 0 Å². The van der Waals surface area contributed by atoms with E-state index in [9.17, 15) is 9.59 Å². The van der Waals surface area contributed by atoms with Crippen molar-refractivity contribution in [2.24, 2.45) is 17.8 Å². The number of carboxylic acid groups (broad SMARTS) is 1. The van der Waals surface area contributed by atoms with Crippen molar-refractivity contribution in [3.05, 3.63) is 0 Å². The van der Waals surface area contributed by atoms with Crippen LogP contribution in [0.2, 0.25) is 0 Å². The van der Waals surface area contributed by atoms with Crippen LogP contribution in [0.25, 0.3) is 0 Å². The van der Waals surface area contributed by atoms with Crippen LogP contribution in [0.15, 0.2) is 0 Å². The first-order chi connectivity index (χ1) is 8.15. The van der Waals surface area contributed by atoms with Gasteiger partial charge in [-0.05, 0) is 38.3 Å². The Morgan fingerprint density at radius 2 is 1.88 bits per heavy atom. The molecule has 3 atom stereocenters. The van der Waals surface area contributed by atoms with E-state index < -0.39 is 11.9 Å². The van der Waals surface area contributed by atoms with E-state index in [0.29, 0.717) is 12.3 Å². The predicted octanol–water partition coefficient (Wildman–Crippen LogP) is -0.0825. The molecule has 4 rings (SSSR count). The third-order valence-corrected chi connectivity index (χ3v) is 4.43. The molecule has 3 aliphatic heterocycles. The summed E-state index contributed by atoms with van der Waals surface area (Å²) in [6.07, 6.45) is 2.85. The second-order valence-electron chi connectivity index (χ2n) is 5.54. The fraction of sp³-hybridized carbons (Fsp3) is 0.833. The van der Waals surface area contributed by atoms with Gasteiger partial charge in [-0.15, -0.1) is 0 Å².